The number of tetrazole rings is 1. The zero-order valence-electron chi connectivity index (χ0n) is 13.7. The van der Waals surface area contributed by atoms with E-state index in [-0.39, 0.29) is 18.4 Å². The smallest absolute Gasteiger partial charge is 0.248 e. The summed E-state index contributed by atoms with van der Waals surface area (Å²) >= 11 is 1.46. The van der Waals surface area contributed by atoms with E-state index in [1.807, 2.05) is 51.1 Å². The van der Waals surface area contributed by atoms with E-state index >= 15 is 0 Å². The number of anilines is 1. The zero-order valence-corrected chi connectivity index (χ0v) is 14.5. The van der Waals surface area contributed by atoms with Gasteiger partial charge in [-0.15, -0.1) is 5.10 Å². The Morgan fingerprint density at radius 3 is 2.75 bits per heavy atom. The van der Waals surface area contributed by atoms with E-state index in [4.69, 9.17) is 0 Å². The van der Waals surface area contributed by atoms with Crippen LogP contribution in [0.4, 0.5) is 5.13 Å². The molecule has 7 nitrogen and oxygen atoms in total. The van der Waals surface area contributed by atoms with Gasteiger partial charge in [-0.2, -0.15) is 0 Å². The lowest BCUT2D eigenvalue weighted by Crippen LogP contribution is -2.21. The lowest BCUT2D eigenvalue weighted by atomic mass is 10.2. The van der Waals surface area contributed by atoms with Crippen LogP contribution in [0.3, 0.4) is 0 Å². The quantitative estimate of drug-likeness (QED) is 0.770. The molecule has 0 saturated heterocycles. The molecule has 3 aromatic rings. The molecular weight excluding hydrogens is 324 g/mol. The average molecular weight is 342 g/mol. The third kappa shape index (κ3) is 3.48. The molecule has 0 saturated carbocycles. The number of thiazole rings is 1. The molecule has 0 aliphatic rings. The van der Waals surface area contributed by atoms with E-state index in [1.165, 1.54) is 16.0 Å². The van der Waals surface area contributed by atoms with Gasteiger partial charge in [0.25, 0.3) is 0 Å². The van der Waals surface area contributed by atoms with Crippen molar-refractivity contribution < 1.29 is 4.79 Å². The number of carbonyl (C=O) groups excluding carboxylic acids is 1. The Morgan fingerprint density at radius 2 is 2.04 bits per heavy atom. The van der Waals surface area contributed by atoms with Crippen molar-refractivity contribution >= 4 is 22.4 Å². The summed E-state index contributed by atoms with van der Waals surface area (Å²) in [5, 5.41) is 14.8. The first-order chi connectivity index (χ1) is 11.5. The van der Waals surface area contributed by atoms with Crippen LogP contribution in [0.15, 0.2) is 30.3 Å². The topological polar surface area (TPSA) is 85.6 Å². The van der Waals surface area contributed by atoms with Gasteiger partial charge in [0.1, 0.15) is 6.54 Å². The largest absolute Gasteiger partial charge is 0.300 e. The fourth-order valence-electron chi connectivity index (χ4n) is 2.34. The molecule has 0 bridgehead atoms. The molecule has 3 rings (SSSR count). The Morgan fingerprint density at radius 1 is 1.29 bits per heavy atom. The van der Waals surface area contributed by atoms with E-state index in [0.717, 1.165) is 16.1 Å². The van der Waals surface area contributed by atoms with Crippen molar-refractivity contribution in [3.63, 3.8) is 0 Å². The predicted molar refractivity (Wildman–Crippen MR) is 92.8 cm³/mol. The molecule has 0 fully saturated rings. The molecule has 0 radical (unpaired) electrons. The number of aromatic nitrogens is 5. The van der Waals surface area contributed by atoms with Crippen LogP contribution in [-0.2, 0) is 11.3 Å². The Kier molecular flexibility index (Phi) is 4.66. The van der Waals surface area contributed by atoms with Crippen LogP contribution in [0, 0.1) is 6.92 Å². The molecule has 0 unspecified atom stereocenters. The third-order valence-electron chi connectivity index (χ3n) is 3.45. The molecule has 2 heterocycles. The SMILES string of the molecule is Cc1nc(NC(=O)Cn2nnnc2C(C)C)sc1-c1ccccc1. The van der Waals surface area contributed by atoms with Crippen LogP contribution in [0.2, 0.25) is 0 Å². The van der Waals surface area contributed by atoms with Crippen LogP contribution in [0.5, 0.6) is 0 Å². The van der Waals surface area contributed by atoms with Crippen molar-refractivity contribution in [2.75, 3.05) is 5.32 Å². The second kappa shape index (κ2) is 6.88. The lowest BCUT2D eigenvalue weighted by Gasteiger charge is -2.06. The average Bonchev–Trinajstić information content (AvgIpc) is 3.14. The number of nitrogens with one attached hydrogen (secondary N) is 1. The second-order valence-electron chi connectivity index (χ2n) is 5.70. The summed E-state index contributed by atoms with van der Waals surface area (Å²) in [7, 11) is 0. The zero-order chi connectivity index (χ0) is 17.1. The van der Waals surface area contributed by atoms with Gasteiger partial charge in [0.15, 0.2) is 11.0 Å². The highest BCUT2D eigenvalue weighted by molar-refractivity contribution is 7.19. The van der Waals surface area contributed by atoms with Crippen molar-refractivity contribution in [1.29, 1.82) is 0 Å². The molecule has 1 amide bonds. The molecule has 24 heavy (non-hydrogen) atoms. The highest BCUT2D eigenvalue weighted by Crippen LogP contribution is 2.32. The molecule has 1 N–H and O–H groups in total. The van der Waals surface area contributed by atoms with Gasteiger partial charge in [0.2, 0.25) is 5.91 Å². The number of nitrogens with zero attached hydrogens (tertiary/aromatic N) is 5. The lowest BCUT2D eigenvalue weighted by molar-refractivity contribution is -0.117. The molecule has 2 aromatic heterocycles. The highest BCUT2D eigenvalue weighted by atomic mass is 32.1. The van der Waals surface area contributed by atoms with Crippen LogP contribution in [-0.4, -0.2) is 31.1 Å². The first-order valence-corrected chi connectivity index (χ1v) is 8.45. The van der Waals surface area contributed by atoms with Gasteiger partial charge in [0.05, 0.1) is 10.6 Å². The predicted octanol–water partition coefficient (Wildman–Crippen LogP) is 2.87. The highest BCUT2D eigenvalue weighted by Gasteiger charge is 2.15. The molecular formula is C16H18N6OS. The molecule has 0 aliphatic heterocycles. The van der Waals surface area contributed by atoms with Crippen molar-refractivity contribution in [3.05, 3.63) is 41.9 Å². The molecule has 1 aromatic carbocycles. The van der Waals surface area contributed by atoms with Crippen molar-refractivity contribution in [2.24, 2.45) is 0 Å². The maximum absolute atomic E-state index is 12.3. The fraction of sp³-hybridized carbons (Fsp3) is 0.312. The van der Waals surface area contributed by atoms with Crippen LogP contribution in [0.25, 0.3) is 10.4 Å². The number of rotatable bonds is 5. The second-order valence-corrected chi connectivity index (χ2v) is 6.70. The maximum Gasteiger partial charge on any atom is 0.248 e. The Labute approximate surface area is 143 Å². The molecule has 0 atom stereocenters. The summed E-state index contributed by atoms with van der Waals surface area (Å²) in [4.78, 5) is 17.7. The van der Waals surface area contributed by atoms with Crippen molar-refractivity contribution in [2.45, 2.75) is 33.2 Å². The number of amides is 1. The number of hydrogen-bond donors (Lipinski definition) is 1. The number of benzene rings is 1. The minimum absolute atomic E-state index is 0.0693. The van der Waals surface area contributed by atoms with E-state index < -0.39 is 0 Å². The maximum atomic E-state index is 12.3. The van der Waals surface area contributed by atoms with Gasteiger partial charge in [-0.05, 0) is 22.9 Å². The van der Waals surface area contributed by atoms with E-state index in [9.17, 15) is 4.79 Å². The van der Waals surface area contributed by atoms with Gasteiger partial charge >= 0.3 is 0 Å². The summed E-state index contributed by atoms with van der Waals surface area (Å²) in [5.74, 6) is 0.641. The summed E-state index contributed by atoms with van der Waals surface area (Å²) in [6.07, 6.45) is 0. The number of hydrogen-bond acceptors (Lipinski definition) is 6. The Balaban J connectivity index is 1.72. The normalized spacial score (nSPS) is 11.0. The first-order valence-electron chi connectivity index (χ1n) is 7.63. The Bertz CT molecular complexity index is 839. The summed E-state index contributed by atoms with van der Waals surface area (Å²) < 4.78 is 1.51. The summed E-state index contributed by atoms with van der Waals surface area (Å²) in [6.45, 7) is 5.97. The van der Waals surface area contributed by atoms with Gasteiger partial charge < -0.3 is 5.32 Å². The van der Waals surface area contributed by atoms with Gasteiger partial charge in [-0.1, -0.05) is 55.5 Å². The Hall–Kier alpha value is -2.61. The van der Waals surface area contributed by atoms with Gasteiger partial charge in [0, 0.05) is 5.92 Å². The molecule has 0 spiro atoms. The van der Waals surface area contributed by atoms with Crippen molar-refractivity contribution in [1.82, 2.24) is 25.2 Å². The number of carbonyl (C=O) groups is 1. The fourth-order valence-corrected chi connectivity index (χ4v) is 3.33. The van der Waals surface area contributed by atoms with E-state index in [1.54, 1.807) is 0 Å². The van der Waals surface area contributed by atoms with Crippen LogP contribution < -0.4 is 5.32 Å². The monoisotopic (exact) mass is 342 g/mol. The number of aryl methyl sites for hydroxylation is 1. The molecule has 0 aliphatic carbocycles. The van der Waals surface area contributed by atoms with Crippen molar-refractivity contribution in [3.8, 4) is 10.4 Å². The summed E-state index contributed by atoms with van der Waals surface area (Å²) in [6, 6.07) is 10.0. The standard InChI is InChI=1S/C16H18N6OS/c1-10(2)15-19-20-21-22(15)9-13(23)18-16-17-11(3)14(24-16)12-7-5-4-6-8-12/h4-8,10H,9H2,1-3H3,(H,17,18,23). The van der Waals surface area contributed by atoms with E-state index in [0.29, 0.717) is 11.0 Å². The molecule has 8 heteroatoms. The third-order valence-corrected chi connectivity index (χ3v) is 4.57. The van der Waals surface area contributed by atoms with Crippen LogP contribution >= 0.6 is 11.3 Å². The minimum atomic E-state index is -0.197. The first kappa shape index (κ1) is 16.3. The van der Waals surface area contributed by atoms with Crippen LogP contribution in [0.1, 0.15) is 31.3 Å². The van der Waals surface area contributed by atoms with Gasteiger partial charge in [-0.25, -0.2) is 9.67 Å². The summed E-state index contributed by atoms with van der Waals surface area (Å²) in [5.41, 5.74) is 1.99. The van der Waals surface area contributed by atoms with Gasteiger partial charge in [-0.3, -0.25) is 4.79 Å². The minimum Gasteiger partial charge on any atom is -0.300 e. The van der Waals surface area contributed by atoms with E-state index in [2.05, 4.69) is 25.8 Å². The molecule has 124 valence electrons.